The third-order valence-corrected chi connectivity index (χ3v) is 3.88. The summed E-state index contributed by atoms with van der Waals surface area (Å²) in [5, 5.41) is 12.8. The van der Waals surface area contributed by atoms with E-state index in [4.69, 9.17) is 0 Å². The van der Waals surface area contributed by atoms with Gasteiger partial charge in [0.05, 0.1) is 4.47 Å². The summed E-state index contributed by atoms with van der Waals surface area (Å²) in [5.41, 5.74) is 0.484. The second kappa shape index (κ2) is 5.86. The van der Waals surface area contributed by atoms with Crippen LogP contribution in [0.1, 0.15) is 18.9 Å². The molecule has 6 heteroatoms. The van der Waals surface area contributed by atoms with Gasteiger partial charge >= 0.3 is 0 Å². The first kappa shape index (κ1) is 13.6. The van der Waals surface area contributed by atoms with E-state index >= 15 is 0 Å². The molecule has 1 heterocycles. The third kappa shape index (κ3) is 3.13. The van der Waals surface area contributed by atoms with Gasteiger partial charge in [0, 0.05) is 18.2 Å². The molecule has 0 bridgehead atoms. The Labute approximate surface area is 118 Å². The highest BCUT2D eigenvalue weighted by molar-refractivity contribution is 9.10. The predicted molar refractivity (Wildman–Crippen MR) is 75.0 cm³/mol. The quantitative estimate of drug-likeness (QED) is 0.931. The first-order valence-electron chi connectivity index (χ1n) is 5.58. The van der Waals surface area contributed by atoms with E-state index in [0.717, 1.165) is 5.01 Å². The van der Waals surface area contributed by atoms with Crippen LogP contribution >= 0.6 is 27.3 Å². The molecule has 3 nitrogen and oxygen atoms in total. The molecular weight excluding hydrogens is 317 g/mol. The van der Waals surface area contributed by atoms with Crippen LogP contribution in [0.2, 0.25) is 0 Å². The number of halogens is 2. The highest BCUT2D eigenvalue weighted by atomic mass is 79.9. The Balaban J connectivity index is 2.21. The monoisotopic (exact) mass is 329 g/mol. The maximum atomic E-state index is 13.9. The van der Waals surface area contributed by atoms with Gasteiger partial charge in [0.15, 0.2) is 5.01 Å². The maximum Gasteiger partial charge on any atom is 0.150 e. The fourth-order valence-corrected chi connectivity index (χ4v) is 2.57. The van der Waals surface area contributed by atoms with Crippen molar-refractivity contribution in [1.82, 2.24) is 15.5 Å². The Morgan fingerprint density at radius 2 is 2.17 bits per heavy atom. The summed E-state index contributed by atoms with van der Waals surface area (Å²) in [7, 11) is 0. The summed E-state index contributed by atoms with van der Waals surface area (Å²) in [4.78, 5) is 0. The first-order valence-corrected chi connectivity index (χ1v) is 7.19. The number of nitrogens with zero attached hydrogens (tertiary/aromatic N) is 2. The average Bonchev–Trinajstić information content (AvgIpc) is 2.78. The molecule has 1 aromatic heterocycles. The zero-order chi connectivity index (χ0) is 13.1. The van der Waals surface area contributed by atoms with Gasteiger partial charge < -0.3 is 5.32 Å². The molecule has 0 aliphatic rings. The van der Waals surface area contributed by atoms with Gasteiger partial charge in [0.25, 0.3) is 0 Å². The minimum Gasteiger partial charge on any atom is -0.308 e. The van der Waals surface area contributed by atoms with Crippen molar-refractivity contribution in [3.8, 4) is 10.6 Å². The first-order chi connectivity index (χ1) is 8.58. The highest BCUT2D eigenvalue weighted by Crippen LogP contribution is 2.29. The molecule has 0 unspecified atom stereocenters. The SMILES string of the molecule is CC(C)NCc1nnc(-c2cccc(Br)c2F)s1. The minimum absolute atomic E-state index is 0.294. The van der Waals surface area contributed by atoms with Gasteiger partial charge in [0.1, 0.15) is 10.8 Å². The van der Waals surface area contributed by atoms with Crippen LogP contribution in [0.3, 0.4) is 0 Å². The molecule has 0 atom stereocenters. The molecule has 0 aliphatic carbocycles. The lowest BCUT2D eigenvalue weighted by Crippen LogP contribution is -2.21. The van der Waals surface area contributed by atoms with Crippen LogP contribution in [0.5, 0.6) is 0 Å². The summed E-state index contributed by atoms with van der Waals surface area (Å²) in [6.45, 7) is 4.79. The molecule has 0 amide bonds. The Morgan fingerprint density at radius 1 is 1.39 bits per heavy atom. The number of benzene rings is 1. The van der Waals surface area contributed by atoms with E-state index in [1.165, 1.54) is 11.3 Å². The summed E-state index contributed by atoms with van der Waals surface area (Å²) in [5.74, 6) is -0.294. The number of nitrogens with one attached hydrogen (secondary N) is 1. The largest absolute Gasteiger partial charge is 0.308 e. The Morgan fingerprint density at radius 3 is 2.89 bits per heavy atom. The van der Waals surface area contributed by atoms with Gasteiger partial charge in [-0.05, 0) is 28.1 Å². The minimum atomic E-state index is -0.294. The van der Waals surface area contributed by atoms with Crippen molar-refractivity contribution < 1.29 is 4.39 Å². The van der Waals surface area contributed by atoms with Crippen molar-refractivity contribution in [2.45, 2.75) is 26.4 Å². The predicted octanol–water partition coefficient (Wildman–Crippen LogP) is 3.60. The zero-order valence-electron chi connectivity index (χ0n) is 10.1. The van der Waals surface area contributed by atoms with Gasteiger partial charge in [-0.3, -0.25) is 0 Å². The summed E-state index contributed by atoms with van der Waals surface area (Å²) < 4.78 is 14.3. The van der Waals surface area contributed by atoms with Crippen LogP contribution in [0.4, 0.5) is 4.39 Å². The van der Waals surface area contributed by atoms with E-state index in [1.54, 1.807) is 18.2 Å². The molecule has 2 rings (SSSR count). The molecule has 1 N–H and O–H groups in total. The lowest BCUT2D eigenvalue weighted by Gasteiger charge is -2.03. The standard InChI is InChI=1S/C12H13BrFN3S/c1-7(2)15-6-10-16-17-12(18-10)8-4-3-5-9(13)11(8)14/h3-5,7,15H,6H2,1-2H3. The van der Waals surface area contributed by atoms with E-state index in [2.05, 4.69) is 45.3 Å². The number of hydrogen-bond donors (Lipinski definition) is 1. The molecule has 0 spiro atoms. The van der Waals surface area contributed by atoms with Crippen molar-refractivity contribution in [2.24, 2.45) is 0 Å². The molecule has 18 heavy (non-hydrogen) atoms. The summed E-state index contributed by atoms with van der Waals surface area (Å²) in [6.07, 6.45) is 0. The topological polar surface area (TPSA) is 37.8 Å². The van der Waals surface area contributed by atoms with E-state index < -0.39 is 0 Å². The number of aromatic nitrogens is 2. The van der Waals surface area contributed by atoms with Gasteiger partial charge in [-0.1, -0.05) is 31.3 Å². The molecule has 2 aromatic rings. The highest BCUT2D eigenvalue weighted by Gasteiger charge is 2.13. The van der Waals surface area contributed by atoms with Crippen molar-refractivity contribution in [3.63, 3.8) is 0 Å². The van der Waals surface area contributed by atoms with Crippen LogP contribution < -0.4 is 5.32 Å². The fraction of sp³-hybridized carbons (Fsp3) is 0.333. The molecule has 1 aromatic carbocycles. The van der Waals surface area contributed by atoms with Crippen LogP contribution in [-0.2, 0) is 6.54 Å². The molecule has 96 valence electrons. The maximum absolute atomic E-state index is 13.9. The lowest BCUT2D eigenvalue weighted by molar-refractivity contribution is 0.585. The molecule has 0 aliphatic heterocycles. The van der Waals surface area contributed by atoms with Crippen molar-refractivity contribution >= 4 is 27.3 Å². The van der Waals surface area contributed by atoms with Crippen molar-refractivity contribution in [1.29, 1.82) is 0 Å². The van der Waals surface area contributed by atoms with Crippen molar-refractivity contribution in [2.75, 3.05) is 0 Å². The van der Waals surface area contributed by atoms with Gasteiger partial charge in [0.2, 0.25) is 0 Å². The number of hydrogen-bond acceptors (Lipinski definition) is 4. The van der Waals surface area contributed by atoms with E-state index in [1.807, 2.05) is 0 Å². The Kier molecular flexibility index (Phi) is 4.42. The third-order valence-electron chi connectivity index (χ3n) is 2.31. The molecular formula is C12H13BrFN3S. The molecule has 0 fully saturated rings. The van der Waals surface area contributed by atoms with Crippen LogP contribution in [0, 0.1) is 5.82 Å². The second-order valence-electron chi connectivity index (χ2n) is 4.14. The average molecular weight is 330 g/mol. The molecule has 0 saturated carbocycles. The molecule has 0 saturated heterocycles. The van der Waals surface area contributed by atoms with E-state index in [-0.39, 0.29) is 5.82 Å². The second-order valence-corrected chi connectivity index (χ2v) is 6.05. The van der Waals surface area contributed by atoms with Gasteiger partial charge in [-0.2, -0.15) is 0 Å². The van der Waals surface area contributed by atoms with E-state index in [0.29, 0.717) is 27.6 Å². The van der Waals surface area contributed by atoms with Crippen LogP contribution in [-0.4, -0.2) is 16.2 Å². The van der Waals surface area contributed by atoms with Gasteiger partial charge in [-0.25, -0.2) is 4.39 Å². The number of rotatable bonds is 4. The summed E-state index contributed by atoms with van der Waals surface area (Å²) in [6, 6.07) is 5.55. The van der Waals surface area contributed by atoms with Crippen LogP contribution in [0.15, 0.2) is 22.7 Å². The Bertz CT molecular complexity index is 542. The normalized spacial score (nSPS) is 11.2. The van der Waals surface area contributed by atoms with E-state index in [9.17, 15) is 4.39 Å². The fourth-order valence-electron chi connectivity index (χ4n) is 1.39. The molecule has 0 radical (unpaired) electrons. The Hall–Kier alpha value is -0.850. The zero-order valence-corrected chi connectivity index (χ0v) is 12.5. The van der Waals surface area contributed by atoms with Crippen LogP contribution in [0.25, 0.3) is 10.6 Å². The smallest absolute Gasteiger partial charge is 0.150 e. The lowest BCUT2D eigenvalue weighted by atomic mass is 10.2. The van der Waals surface area contributed by atoms with Gasteiger partial charge in [-0.15, -0.1) is 10.2 Å². The van der Waals surface area contributed by atoms with Crippen molar-refractivity contribution in [3.05, 3.63) is 33.5 Å². The summed E-state index contributed by atoms with van der Waals surface area (Å²) >= 11 is 4.57.